The van der Waals surface area contributed by atoms with E-state index < -0.39 is 0 Å². The van der Waals surface area contributed by atoms with E-state index in [1.54, 1.807) is 0 Å². The average molecular weight is 613 g/mol. The van der Waals surface area contributed by atoms with Crippen LogP contribution in [-0.4, -0.2) is 52.6 Å². The van der Waals surface area contributed by atoms with Crippen LogP contribution >= 0.6 is 0 Å². The molecule has 2 N–H and O–H groups in total. The van der Waals surface area contributed by atoms with Crippen molar-refractivity contribution in [3.8, 4) is 5.75 Å². The molecule has 0 fully saturated rings. The molecule has 4 aromatic rings. The molecule has 1 aromatic heterocycles. The Kier molecular flexibility index (Phi) is 14.5. The van der Waals surface area contributed by atoms with E-state index in [2.05, 4.69) is 75.6 Å². The highest BCUT2D eigenvalue weighted by atomic mass is 16.5. The number of carbonyl (C=O) groups excluding carboxylic acids is 1. The van der Waals surface area contributed by atoms with Gasteiger partial charge in [0, 0.05) is 36.6 Å². The number of nitrogens with zero attached hydrogens (tertiary/aromatic N) is 3. The molecule has 1 heterocycles. The Morgan fingerprint density at radius 2 is 1.53 bits per heavy atom. The van der Waals surface area contributed by atoms with Crippen molar-refractivity contribution in [3.05, 3.63) is 113 Å². The first-order chi connectivity index (χ1) is 21.8. The van der Waals surface area contributed by atoms with Crippen molar-refractivity contribution in [2.24, 2.45) is 0 Å². The van der Waals surface area contributed by atoms with Gasteiger partial charge in [-0.15, -0.1) is 0 Å². The van der Waals surface area contributed by atoms with Gasteiger partial charge in [-0.25, -0.2) is 9.97 Å². The van der Waals surface area contributed by atoms with Gasteiger partial charge < -0.3 is 19.9 Å². The molecule has 0 aliphatic heterocycles. The quantitative estimate of drug-likeness (QED) is 0.0849. The number of methoxy groups -OCH3 is 1. The number of hydrogen-bond donors (Lipinski definition) is 2. The maximum atomic E-state index is 11.5. The van der Waals surface area contributed by atoms with Crippen LogP contribution in [0.2, 0.25) is 0 Å². The maximum Gasteiger partial charge on any atom is 0.305 e. The fourth-order valence-corrected chi connectivity index (χ4v) is 4.81. The molecule has 0 aliphatic rings. The van der Waals surface area contributed by atoms with Crippen molar-refractivity contribution >= 4 is 24.1 Å². The molecule has 0 spiro atoms. The van der Waals surface area contributed by atoms with Crippen LogP contribution in [0.4, 0.5) is 11.6 Å². The maximum absolute atomic E-state index is 11.5. The van der Waals surface area contributed by atoms with Gasteiger partial charge in [0.05, 0.1) is 7.11 Å². The van der Waals surface area contributed by atoms with E-state index in [0.717, 1.165) is 67.3 Å². The number of esters is 1. The summed E-state index contributed by atoms with van der Waals surface area (Å²) in [6, 6.07) is 27.1. The summed E-state index contributed by atoms with van der Waals surface area (Å²) >= 11 is 0. The second-order valence-electron chi connectivity index (χ2n) is 10.8. The minimum atomic E-state index is -0.250. The number of hydrogen-bond acceptors (Lipinski definition) is 8. The van der Waals surface area contributed by atoms with E-state index in [9.17, 15) is 4.79 Å². The number of ether oxygens (including phenoxy) is 2. The third kappa shape index (κ3) is 12.8. The van der Waals surface area contributed by atoms with E-state index in [-0.39, 0.29) is 12.4 Å². The number of para-hydroxylation sites is 1. The third-order valence-electron chi connectivity index (χ3n) is 7.12. The van der Waals surface area contributed by atoms with Crippen LogP contribution in [0.3, 0.4) is 0 Å². The summed E-state index contributed by atoms with van der Waals surface area (Å²) in [5.41, 5.74) is 7.63. The molecule has 0 bridgehead atoms. The first-order valence-electron chi connectivity index (χ1n) is 15.1. The number of carbonyl (C=O) groups is 2. The minimum absolute atomic E-state index is 0.146. The van der Waals surface area contributed by atoms with Crippen molar-refractivity contribution in [1.29, 1.82) is 0 Å². The molecule has 0 aliphatic carbocycles. The van der Waals surface area contributed by atoms with Gasteiger partial charge in [0.15, 0.2) is 0 Å². The van der Waals surface area contributed by atoms with Crippen molar-refractivity contribution in [3.63, 3.8) is 0 Å². The number of benzene rings is 3. The van der Waals surface area contributed by atoms with Gasteiger partial charge in [0.1, 0.15) is 12.4 Å². The smallest absolute Gasteiger partial charge is 0.305 e. The number of nitrogens with one attached hydrogen (secondary N) is 1. The Balaban J connectivity index is 0.00000177. The number of anilines is 2. The molecular weight excluding hydrogens is 568 g/mol. The molecule has 0 saturated carbocycles. The molecule has 0 saturated heterocycles. The Hall–Kier alpha value is -4.76. The van der Waals surface area contributed by atoms with E-state index in [1.807, 2.05) is 44.2 Å². The largest absolute Gasteiger partial charge is 0.489 e. The Morgan fingerprint density at radius 3 is 2.20 bits per heavy atom. The molecule has 45 heavy (non-hydrogen) atoms. The highest BCUT2D eigenvalue weighted by Gasteiger charge is 2.11. The summed E-state index contributed by atoms with van der Waals surface area (Å²) in [4.78, 5) is 31.3. The molecule has 0 amide bonds. The molecule has 4 rings (SSSR count). The van der Waals surface area contributed by atoms with Crippen LogP contribution in [0.5, 0.6) is 5.75 Å². The molecule has 0 atom stereocenters. The summed E-state index contributed by atoms with van der Waals surface area (Å²) in [7, 11) is 1.45. The highest BCUT2D eigenvalue weighted by molar-refractivity contribution is 5.69. The topological polar surface area (TPSA) is 114 Å². The van der Waals surface area contributed by atoms with E-state index in [4.69, 9.17) is 19.4 Å². The van der Waals surface area contributed by atoms with E-state index in [1.165, 1.54) is 23.8 Å². The second kappa shape index (κ2) is 18.8. The van der Waals surface area contributed by atoms with Crippen molar-refractivity contribution in [1.82, 2.24) is 14.9 Å². The van der Waals surface area contributed by atoms with Gasteiger partial charge in [-0.1, -0.05) is 60.2 Å². The van der Waals surface area contributed by atoms with Crippen molar-refractivity contribution in [2.45, 2.75) is 59.6 Å². The van der Waals surface area contributed by atoms with Gasteiger partial charge in [0.2, 0.25) is 5.95 Å². The Labute approximate surface area is 266 Å². The average Bonchev–Trinajstić information content (AvgIpc) is 3.02. The summed E-state index contributed by atoms with van der Waals surface area (Å²) in [6.07, 6.45) is 3.10. The van der Waals surface area contributed by atoms with Gasteiger partial charge in [-0.3, -0.25) is 14.5 Å². The predicted octanol–water partition coefficient (Wildman–Crippen LogP) is 6.81. The molecule has 0 radical (unpaired) electrons. The van der Waals surface area contributed by atoms with Crippen molar-refractivity contribution in [2.75, 3.05) is 25.5 Å². The summed E-state index contributed by atoms with van der Waals surface area (Å²) in [5, 5.41) is 10.2. The van der Waals surface area contributed by atoms with Crippen LogP contribution in [0.25, 0.3) is 0 Å². The third-order valence-corrected chi connectivity index (χ3v) is 7.12. The number of aryl methyl sites for hydroxylation is 3. The highest BCUT2D eigenvalue weighted by Crippen LogP contribution is 2.22. The Bertz CT molecular complexity index is 1460. The Morgan fingerprint density at radius 1 is 0.889 bits per heavy atom. The first-order valence-corrected chi connectivity index (χ1v) is 15.1. The SMILES string of the molecule is COC(=O)CCCCN(CCc1ccccc1OCc1ccc(Nc2nc(C)cc(C)n2)cc1)Cc1ccc(C)cc1.O=CO. The first kappa shape index (κ1) is 34.7. The van der Waals surface area contributed by atoms with Gasteiger partial charge >= 0.3 is 5.97 Å². The van der Waals surface area contributed by atoms with E-state index in [0.29, 0.717) is 19.0 Å². The van der Waals surface area contributed by atoms with E-state index >= 15 is 0 Å². The van der Waals surface area contributed by atoms with Crippen LogP contribution < -0.4 is 10.1 Å². The lowest BCUT2D eigenvalue weighted by Crippen LogP contribution is -2.27. The lowest BCUT2D eigenvalue weighted by molar-refractivity contribution is -0.140. The van der Waals surface area contributed by atoms with Crippen LogP contribution in [0.15, 0.2) is 78.9 Å². The fraction of sp³-hybridized carbons (Fsp3) is 0.333. The normalized spacial score (nSPS) is 10.5. The molecule has 9 nitrogen and oxygen atoms in total. The number of carboxylic acid groups (broad SMARTS) is 1. The molecule has 0 unspecified atom stereocenters. The van der Waals surface area contributed by atoms with Crippen LogP contribution in [0.1, 0.15) is 52.9 Å². The molecule has 9 heteroatoms. The summed E-state index contributed by atoms with van der Waals surface area (Å²) in [6.45, 7) is 8.96. The van der Waals surface area contributed by atoms with Gasteiger partial charge in [-0.05, 0) is 87.5 Å². The van der Waals surface area contributed by atoms with Crippen LogP contribution in [-0.2, 0) is 33.9 Å². The summed E-state index contributed by atoms with van der Waals surface area (Å²) in [5.74, 6) is 1.36. The predicted molar refractivity (Wildman–Crippen MR) is 177 cm³/mol. The number of aromatic nitrogens is 2. The standard InChI is InChI=1S/C35H42N4O3.CH2O2/c1-26-12-14-29(15-13-26)24-39(21-8-7-11-34(40)41-4)22-20-31-9-5-6-10-33(31)42-25-30-16-18-32(19-17-30)38-35-36-27(2)23-28(3)37-35;2-1-3/h5-6,9-10,12-19,23H,7-8,11,20-22,24-25H2,1-4H3,(H,36,37,38);1H,(H,2,3). The number of unbranched alkanes of at least 4 members (excludes halogenated alkanes) is 1. The van der Waals surface area contributed by atoms with Gasteiger partial charge in [-0.2, -0.15) is 0 Å². The molecule has 3 aromatic carbocycles. The molecular formula is C36H44N4O5. The number of rotatable bonds is 15. The molecule has 238 valence electrons. The zero-order valence-electron chi connectivity index (χ0n) is 26.7. The second-order valence-corrected chi connectivity index (χ2v) is 10.8. The lowest BCUT2D eigenvalue weighted by Gasteiger charge is -2.23. The zero-order valence-corrected chi connectivity index (χ0v) is 26.7. The zero-order chi connectivity index (χ0) is 32.4. The fourth-order valence-electron chi connectivity index (χ4n) is 4.81. The van der Waals surface area contributed by atoms with Gasteiger partial charge in [0.25, 0.3) is 6.47 Å². The lowest BCUT2D eigenvalue weighted by atomic mass is 10.1. The van der Waals surface area contributed by atoms with Crippen molar-refractivity contribution < 1.29 is 24.2 Å². The monoisotopic (exact) mass is 612 g/mol. The minimum Gasteiger partial charge on any atom is -0.489 e. The van der Waals surface area contributed by atoms with Crippen LogP contribution in [0, 0.1) is 20.8 Å². The summed E-state index contributed by atoms with van der Waals surface area (Å²) < 4.78 is 11.1.